The van der Waals surface area contributed by atoms with Gasteiger partial charge in [0.05, 0.1) is 6.61 Å². The topological polar surface area (TPSA) is 18.5 Å². The number of hydrogen-bond acceptors (Lipinski definition) is 2. The molecule has 0 fully saturated rings. The maximum absolute atomic E-state index is 6.21. The molecule has 3 aromatic rings. The van der Waals surface area contributed by atoms with E-state index in [1.54, 1.807) is 0 Å². The van der Waals surface area contributed by atoms with Gasteiger partial charge in [0.15, 0.2) is 0 Å². The van der Waals surface area contributed by atoms with Crippen LogP contribution in [0.4, 0.5) is 0 Å². The van der Waals surface area contributed by atoms with E-state index in [9.17, 15) is 0 Å². The first-order chi connectivity index (χ1) is 12.7. The smallest absolute Gasteiger partial charge is 0.131 e. The third kappa shape index (κ3) is 3.23. The fraction of sp³-hybridized carbons (Fsp3) is 0.167. The summed E-state index contributed by atoms with van der Waals surface area (Å²) in [5.41, 5.74) is 4.80. The molecule has 0 aromatic heterocycles. The number of para-hydroxylation sites is 1. The molecule has 0 saturated heterocycles. The molecule has 0 bridgehead atoms. The highest BCUT2D eigenvalue weighted by Crippen LogP contribution is 2.40. The van der Waals surface area contributed by atoms with Crippen LogP contribution in [-0.4, -0.2) is 6.61 Å². The summed E-state index contributed by atoms with van der Waals surface area (Å²) in [5.74, 6) is 2.87. The van der Waals surface area contributed by atoms with Gasteiger partial charge in [0.25, 0.3) is 0 Å². The second kappa shape index (κ2) is 7.09. The summed E-state index contributed by atoms with van der Waals surface area (Å²) in [7, 11) is 0. The van der Waals surface area contributed by atoms with Gasteiger partial charge in [0.1, 0.15) is 17.3 Å². The van der Waals surface area contributed by atoms with Crippen molar-refractivity contribution in [3.05, 3.63) is 101 Å². The van der Waals surface area contributed by atoms with Gasteiger partial charge in [0, 0.05) is 17.0 Å². The summed E-state index contributed by atoms with van der Waals surface area (Å²) in [4.78, 5) is 0. The minimum absolute atomic E-state index is 0.183. The Morgan fingerprint density at radius 2 is 1.62 bits per heavy atom. The van der Waals surface area contributed by atoms with Crippen LogP contribution in [0.15, 0.2) is 78.9 Å². The predicted molar refractivity (Wildman–Crippen MR) is 106 cm³/mol. The van der Waals surface area contributed by atoms with Crippen LogP contribution in [0.2, 0.25) is 0 Å². The van der Waals surface area contributed by atoms with E-state index in [-0.39, 0.29) is 5.92 Å². The molecular formula is C24H22O2. The number of allylic oxidation sites excluding steroid dienone is 1. The molecule has 3 aromatic carbocycles. The Morgan fingerprint density at radius 1 is 0.885 bits per heavy atom. The van der Waals surface area contributed by atoms with Gasteiger partial charge in [-0.25, -0.2) is 0 Å². The predicted octanol–water partition coefficient (Wildman–Crippen LogP) is 5.96. The van der Waals surface area contributed by atoms with E-state index in [0.29, 0.717) is 6.61 Å². The second-order valence-electron chi connectivity index (χ2n) is 6.52. The molecule has 1 atom stereocenters. The lowest BCUT2D eigenvalue weighted by atomic mass is 9.87. The van der Waals surface area contributed by atoms with Gasteiger partial charge in [-0.3, -0.25) is 0 Å². The van der Waals surface area contributed by atoms with E-state index >= 15 is 0 Å². The van der Waals surface area contributed by atoms with E-state index in [2.05, 4.69) is 61.5 Å². The third-order valence-electron chi connectivity index (χ3n) is 4.68. The van der Waals surface area contributed by atoms with Crippen LogP contribution in [-0.2, 0) is 0 Å². The lowest BCUT2D eigenvalue weighted by molar-refractivity contribution is 0.340. The Kier molecular flexibility index (Phi) is 4.49. The lowest BCUT2D eigenvalue weighted by Gasteiger charge is -2.25. The fourth-order valence-corrected chi connectivity index (χ4v) is 3.31. The Morgan fingerprint density at radius 3 is 2.35 bits per heavy atom. The molecule has 2 heteroatoms. The molecule has 1 aliphatic rings. The molecule has 0 radical (unpaired) electrons. The zero-order chi connectivity index (χ0) is 17.9. The monoisotopic (exact) mass is 342 g/mol. The highest BCUT2D eigenvalue weighted by Gasteiger charge is 2.23. The van der Waals surface area contributed by atoms with Crippen LogP contribution >= 0.6 is 0 Å². The Balaban J connectivity index is 1.75. The van der Waals surface area contributed by atoms with Crippen LogP contribution in [0.25, 0.3) is 5.76 Å². The molecule has 0 N–H and O–H groups in total. The molecule has 2 nitrogen and oxygen atoms in total. The molecular weight excluding hydrogens is 320 g/mol. The van der Waals surface area contributed by atoms with Gasteiger partial charge in [-0.15, -0.1) is 0 Å². The number of fused-ring (bicyclic) bond motifs is 1. The summed E-state index contributed by atoms with van der Waals surface area (Å²) >= 11 is 0. The first-order valence-corrected chi connectivity index (χ1v) is 9.03. The molecule has 26 heavy (non-hydrogen) atoms. The average molecular weight is 342 g/mol. The van der Waals surface area contributed by atoms with Gasteiger partial charge >= 0.3 is 0 Å². The zero-order valence-corrected chi connectivity index (χ0v) is 15.1. The van der Waals surface area contributed by atoms with Gasteiger partial charge in [-0.2, -0.15) is 0 Å². The van der Waals surface area contributed by atoms with Crippen molar-refractivity contribution in [3.8, 4) is 11.5 Å². The quantitative estimate of drug-likeness (QED) is 0.582. The number of aryl methyl sites for hydroxylation is 1. The number of rotatable bonds is 4. The van der Waals surface area contributed by atoms with Gasteiger partial charge in [-0.1, -0.05) is 48.0 Å². The van der Waals surface area contributed by atoms with E-state index < -0.39 is 0 Å². The standard InChI is InChI=1S/C24H22O2/c1-3-25-20-14-12-19(13-15-20)24-16-22(18-10-8-17(2)9-11-18)21-6-4-5-7-23(21)26-24/h4-16,22H,3H2,1-2H3/t22-/m0/s1. The molecule has 0 unspecified atom stereocenters. The summed E-state index contributed by atoms with van der Waals surface area (Å²) < 4.78 is 11.8. The molecule has 0 aliphatic carbocycles. The minimum atomic E-state index is 0.183. The second-order valence-corrected chi connectivity index (χ2v) is 6.52. The molecule has 130 valence electrons. The number of ether oxygens (including phenoxy) is 2. The van der Waals surface area contributed by atoms with Crippen LogP contribution in [0, 0.1) is 6.92 Å². The van der Waals surface area contributed by atoms with Crippen molar-refractivity contribution in [2.24, 2.45) is 0 Å². The van der Waals surface area contributed by atoms with Crippen molar-refractivity contribution in [3.63, 3.8) is 0 Å². The molecule has 0 spiro atoms. The maximum atomic E-state index is 6.21. The molecule has 1 heterocycles. The third-order valence-corrected chi connectivity index (χ3v) is 4.68. The van der Waals surface area contributed by atoms with Crippen LogP contribution in [0.5, 0.6) is 11.5 Å². The fourth-order valence-electron chi connectivity index (χ4n) is 3.31. The number of benzene rings is 3. The molecule has 4 rings (SSSR count). The van der Waals surface area contributed by atoms with Gasteiger partial charge in [0.2, 0.25) is 0 Å². The van der Waals surface area contributed by atoms with E-state index in [0.717, 1.165) is 22.8 Å². The summed E-state index contributed by atoms with van der Waals surface area (Å²) in [6.45, 7) is 4.77. The first-order valence-electron chi connectivity index (χ1n) is 9.03. The highest BCUT2D eigenvalue weighted by molar-refractivity contribution is 5.68. The Bertz CT molecular complexity index is 921. The molecule has 1 aliphatic heterocycles. The largest absolute Gasteiger partial charge is 0.494 e. The zero-order valence-electron chi connectivity index (χ0n) is 15.1. The van der Waals surface area contributed by atoms with Crippen LogP contribution in [0.1, 0.15) is 35.1 Å². The first kappa shape index (κ1) is 16.5. The van der Waals surface area contributed by atoms with E-state index in [4.69, 9.17) is 9.47 Å². The van der Waals surface area contributed by atoms with Gasteiger partial charge in [-0.05, 0) is 55.8 Å². The normalized spacial score (nSPS) is 15.6. The molecule has 0 saturated carbocycles. The van der Waals surface area contributed by atoms with Crippen molar-refractivity contribution in [2.75, 3.05) is 6.61 Å². The highest BCUT2D eigenvalue weighted by atomic mass is 16.5. The SMILES string of the molecule is CCOc1ccc(C2=C[C@@H](c3ccc(C)cc3)c3ccccc3O2)cc1. The van der Waals surface area contributed by atoms with Crippen molar-refractivity contribution in [2.45, 2.75) is 19.8 Å². The van der Waals surface area contributed by atoms with Crippen molar-refractivity contribution in [1.82, 2.24) is 0 Å². The summed E-state index contributed by atoms with van der Waals surface area (Å²) in [6, 6.07) is 25.1. The van der Waals surface area contributed by atoms with E-state index in [1.807, 2.05) is 31.2 Å². The van der Waals surface area contributed by atoms with Crippen molar-refractivity contribution < 1.29 is 9.47 Å². The van der Waals surface area contributed by atoms with Crippen LogP contribution in [0.3, 0.4) is 0 Å². The van der Waals surface area contributed by atoms with Crippen molar-refractivity contribution in [1.29, 1.82) is 0 Å². The van der Waals surface area contributed by atoms with Crippen LogP contribution < -0.4 is 9.47 Å². The Hall–Kier alpha value is -3.00. The average Bonchev–Trinajstić information content (AvgIpc) is 2.69. The maximum Gasteiger partial charge on any atom is 0.131 e. The summed E-state index contributed by atoms with van der Waals surface area (Å²) in [5, 5.41) is 0. The van der Waals surface area contributed by atoms with E-state index in [1.165, 1.54) is 16.7 Å². The minimum Gasteiger partial charge on any atom is -0.494 e. The number of hydrogen-bond donors (Lipinski definition) is 0. The Labute approximate surface area is 154 Å². The summed E-state index contributed by atoms with van der Waals surface area (Å²) in [6.07, 6.45) is 2.21. The van der Waals surface area contributed by atoms with Crippen molar-refractivity contribution >= 4 is 5.76 Å². The van der Waals surface area contributed by atoms with Gasteiger partial charge < -0.3 is 9.47 Å². The molecule has 0 amide bonds. The lowest BCUT2D eigenvalue weighted by Crippen LogP contribution is -2.10.